The van der Waals surface area contributed by atoms with Crippen molar-refractivity contribution < 1.29 is 9.53 Å². The van der Waals surface area contributed by atoms with E-state index in [4.69, 9.17) is 0 Å². The standard InChI is InChI=1S/C10H17N3O2/c1-4-13-7-9(5-12-13)8(2)11-6-10(14)15-3/h5,7-8,11H,4,6H2,1-3H3. The first-order chi connectivity index (χ1) is 7.17. The smallest absolute Gasteiger partial charge is 0.319 e. The zero-order valence-corrected chi connectivity index (χ0v) is 9.36. The number of ether oxygens (including phenoxy) is 1. The predicted octanol–water partition coefficient (Wildman–Crippen LogP) is 0.727. The van der Waals surface area contributed by atoms with Crippen LogP contribution in [0.25, 0.3) is 0 Å². The number of rotatable bonds is 5. The molecule has 0 bridgehead atoms. The molecule has 0 radical (unpaired) electrons. The van der Waals surface area contributed by atoms with Gasteiger partial charge in [0, 0.05) is 24.3 Å². The quantitative estimate of drug-likeness (QED) is 0.729. The van der Waals surface area contributed by atoms with E-state index in [2.05, 4.69) is 15.2 Å². The normalized spacial score (nSPS) is 12.5. The highest BCUT2D eigenvalue weighted by molar-refractivity contribution is 5.71. The van der Waals surface area contributed by atoms with Gasteiger partial charge in [0.05, 0.1) is 19.9 Å². The Balaban J connectivity index is 2.46. The molecule has 1 heterocycles. The largest absolute Gasteiger partial charge is 0.468 e. The van der Waals surface area contributed by atoms with Crippen molar-refractivity contribution in [3.8, 4) is 0 Å². The van der Waals surface area contributed by atoms with E-state index in [0.717, 1.165) is 12.1 Å². The Morgan fingerprint density at radius 1 is 1.73 bits per heavy atom. The Hall–Kier alpha value is -1.36. The monoisotopic (exact) mass is 211 g/mol. The van der Waals surface area contributed by atoms with Crippen molar-refractivity contribution in [3.05, 3.63) is 18.0 Å². The second-order valence-electron chi connectivity index (χ2n) is 3.31. The number of aryl methyl sites for hydroxylation is 1. The van der Waals surface area contributed by atoms with Crippen molar-refractivity contribution in [1.82, 2.24) is 15.1 Å². The topological polar surface area (TPSA) is 56.2 Å². The summed E-state index contributed by atoms with van der Waals surface area (Å²) < 4.78 is 6.39. The van der Waals surface area contributed by atoms with E-state index in [0.29, 0.717) is 0 Å². The molecule has 0 saturated carbocycles. The Morgan fingerprint density at radius 3 is 3.00 bits per heavy atom. The van der Waals surface area contributed by atoms with Crippen LogP contribution in [0.5, 0.6) is 0 Å². The summed E-state index contributed by atoms with van der Waals surface area (Å²) >= 11 is 0. The van der Waals surface area contributed by atoms with Gasteiger partial charge in [-0.25, -0.2) is 0 Å². The van der Waals surface area contributed by atoms with Crippen LogP contribution in [0, 0.1) is 0 Å². The number of hydrogen-bond acceptors (Lipinski definition) is 4. The van der Waals surface area contributed by atoms with E-state index in [1.54, 1.807) is 6.20 Å². The van der Waals surface area contributed by atoms with Gasteiger partial charge >= 0.3 is 5.97 Å². The maximum Gasteiger partial charge on any atom is 0.319 e. The number of nitrogens with one attached hydrogen (secondary N) is 1. The average Bonchev–Trinajstić information content (AvgIpc) is 2.73. The maximum absolute atomic E-state index is 10.9. The third-order valence-electron chi connectivity index (χ3n) is 2.26. The van der Waals surface area contributed by atoms with Crippen molar-refractivity contribution in [2.75, 3.05) is 13.7 Å². The van der Waals surface area contributed by atoms with Crippen molar-refractivity contribution in [1.29, 1.82) is 0 Å². The summed E-state index contributed by atoms with van der Waals surface area (Å²) in [4.78, 5) is 10.9. The van der Waals surface area contributed by atoms with Gasteiger partial charge < -0.3 is 10.1 Å². The average molecular weight is 211 g/mol. The fourth-order valence-electron chi connectivity index (χ4n) is 1.20. The first-order valence-electron chi connectivity index (χ1n) is 5.00. The van der Waals surface area contributed by atoms with E-state index in [1.165, 1.54) is 7.11 Å². The summed E-state index contributed by atoms with van der Waals surface area (Å²) in [5, 5.41) is 7.22. The maximum atomic E-state index is 10.9. The Bertz CT molecular complexity index is 322. The Morgan fingerprint density at radius 2 is 2.47 bits per heavy atom. The number of nitrogens with zero attached hydrogens (tertiary/aromatic N) is 2. The van der Waals surface area contributed by atoms with Crippen LogP contribution in [0.2, 0.25) is 0 Å². The van der Waals surface area contributed by atoms with Gasteiger partial charge in [-0.2, -0.15) is 5.10 Å². The molecule has 84 valence electrons. The number of methoxy groups -OCH3 is 1. The number of carbonyl (C=O) groups excluding carboxylic acids is 1. The summed E-state index contributed by atoms with van der Waals surface area (Å²) in [7, 11) is 1.38. The van der Waals surface area contributed by atoms with Crippen molar-refractivity contribution in [3.63, 3.8) is 0 Å². The number of esters is 1. The van der Waals surface area contributed by atoms with E-state index in [9.17, 15) is 4.79 Å². The molecule has 1 unspecified atom stereocenters. The van der Waals surface area contributed by atoms with E-state index in [1.807, 2.05) is 24.7 Å². The van der Waals surface area contributed by atoms with Crippen LogP contribution in [-0.4, -0.2) is 29.4 Å². The van der Waals surface area contributed by atoms with Crippen LogP contribution in [0.4, 0.5) is 0 Å². The van der Waals surface area contributed by atoms with Gasteiger partial charge in [0.25, 0.3) is 0 Å². The van der Waals surface area contributed by atoms with Gasteiger partial charge in [0.1, 0.15) is 0 Å². The van der Waals surface area contributed by atoms with Gasteiger partial charge in [-0.3, -0.25) is 9.48 Å². The number of aromatic nitrogens is 2. The van der Waals surface area contributed by atoms with E-state index in [-0.39, 0.29) is 18.6 Å². The van der Waals surface area contributed by atoms with E-state index < -0.39 is 0 Å². The molecule has 5 nitrogen and oxygen atoms in total. The SMILES string of the molecule is CCn1cc(C(C)NCC(=O)OC)cn1. The lowest BCUT2D eigenvalue weighted by Crippen LogP contribution is -2.26. The lowest BCUT2D eigenvalue weighted by Gasteiger charge is -2.10. The molecule has 1 aromatic rings. The van der Waals surface area contributed by atoms with Crippen LogP contribution in [0.1, 0.15) is 25.5 Å². The van der Waals surface area contributed by atoms with Crippen molar-refractivity contribution in [2.24, 2.45) is 0 Å². The molecule has 0 aliphatic heterocycles. The summed E-state index contributed by atoms with van der Waals surface area (Å²) in [5.41, 5.74) is 1.07. The van der Waals surface area contributed by atoms with E-state index >= 15 is 0 Å². The molecule has 5 heteroatoms. The molecule has 1 rings (SSSR count). The summed E-state index contributed by atoms with van der Waals surface area (Å²) in [6.07, 6.45) is 3.77. The first kappa shape index (κ1) is 11.7. The molecule has 0 aliphatic rings. The molecule has 0 saturated heterocycles. The third kappa shape index (κ3) is 3.36. The zero-order valence-electron chi connectivity index (χ0n) is 9.36. The lowest BCUT2D eigenvalue weighted by molar-refractivity contribution is -0.139. The minimum atomic E-state index is -0.260. The molecular formula is C10H17N3O2. The van der Waals surface area contributed by atoms with Crippen LogP contribution in [-0.2, 0) is 16.1 Å². The minimum absolute atomic E-state index is 0.101. The second-order valence-corrected chi connectivity index (χ2v) is 3.31. The fraction of sp³-hybridized carbons (Fsp3) is 0.600. The number of carbonyl (C=O) groups is 1. The van der Waals surface area contributed by atoms with Crippen LogP contribution < -0.4 is 5.32 Å². The zero-order chi connectivity index (χ0) is 11.3. The van der Waals surface area contributed by atoms with Crippen LogP contribution >= 0.6 is 0 Å². The Labute approximate surface area is 89.4 Å². The van der Waals surface area contributed by atoms with Gasteiger partial charge in [-0.1, -0.05) is 0 Å². The number of hydrogen-bond donors (Lipinski definition) is 1. The summed E-state index contributed by atoms with van der Waals surface area (Å²) in [6, 6.07) is 0.101. The highest BCUT2D eigenvalue weighted by atomic mass is 16.5. The molecule has 15 heavy (non-hydrogen) atoms. The van der Waals surface area contributed by atoms with Crippen molar-refractivity contribution in [2.45, 2.75) is 26.4 Å². The third-order valence-corrected chi connectivity index (χ3v) is 2.26. The molecule has 0 aliphatic carbocycles. The highest BCUT2D eigenvalue weighted by Gasteiger charge is 2.09. The summed E-state index contributed by atoms with van der Waals surface area (Å²) in [6.45, 7) is 5.09. The van der Waals surface area contributed by atoms with Gasteiger partial charge in [0.2, 0.25) is 0 Å². The molecule has 0 fully saturated rings. The van der Waals surface area contributed by atoms with Crippen LogP contribution in [0.15, 0.2) is 12.4 Å². The first-order valence-corrected chi connectivity index (χ1v) is 5.00. The van der Waals surface area contributed by atoms with Gasteiger partial charge in [0.15, 0.2) is 0 Å². The predicted molar refractivity (Wildman–Crippen MR) is 56.3 cm³/mol. The molecule has 1 N–H and O–H groups in total. The van der Waals surface area contributed by atoms with Gasteiger partial charge in [-0.05, 0) is 13.8 Å². The van der Waals surface area contributed by atoms with Crippen molar-refractivity contribution >= 4 is 5.97 Å². The molecule has 0 amide bonds. The molecular weight excluding hydrogens is 194 g/mol. The lowest BCUT2D eigenvalue weighted by atomic mass is 10.2. The molecule has 1 atom stereocenters. The molecule has 0 spiro atoms. The Kier molecular flexibility index (Phi) is 4.30. The van der Waals surface area contributed by atoms with Crippen LogP contribution in [0.3, 0.4) is 0 Å². The molecule has 1 aromatic heterocycles. The molecule has 0 aromatic carbocycles. The highest BCUT2D eigenvalue weighted by Crippen LogP contribution is 2.10. The van der Waals surface area contributed by atoms with Gasteiger partial charge in [-0.15, -0.1) is 0 Å². The summed E-state index contributed by atoms with van der Waals surface area (Å²) in [5.74, 6) is -0.260. The second kappa shape index (κ2) is 5.50. The fourth-order valence-corrected chi connectivity index (χ4v) is 1.20. The minimum Gasteiger partial charge on any atom is -0.468 e.